The molecule has 1 saturated heterocycles. The smallest absolute Gasteiger partial charge is 0.128 e. The van der Waals surface area contributed by atoms with Gasteiger partial charge in [0.05, 0.1) is 0 Å². The molecule has 2 rings (SSSR count). The van der Waals surface area contributed by atoms with E-state index in [1.54, 1.807) is 0 Å². The Labute approximate surface area is 123 Å². The Morgan fingerprint density at radius 2 is 2.20 bits per heavy atom. The minimum atomic E-state index is 0.692. The van der Waals surface area contributed by atoms with E-state index in [4.69, 9.17) is 4.98 Å². The summed E-state index contributed by atoms with van der Waals surface area (Å²) in [5.74, 6) is 2.64. The van der Waals surface area contributed by atoms with Crippen molar-refractivity contribution in [1.29, 1.82) is 0 Å². The summed E-state index contributed by atoms with van der Waals surface area (Å²) in [4.78, 5) is 7.25. The van der Waals surface area contributed by atoms with Crippen LogP contribution in [0.2, 0.25) is 0 Å². The second-order valence-corrected chi connectivity index (χ2v) is 6.63. The molecule has 1 aliphatic heterocycles. The SMILES string of the molecule is Cc1nc(N2CCCC(C)C2)ccc1CNCC(C)C. The van der Waals surface area contributed by atoms with Gasteiger partial charge in [-0.2, -0.15) is 0 Å². The molecule has 1 aromatic heterocycles. The number of pyridine rings is 1. The first kappa shape index (κ1) is 15.3. The Morgan fingerprint density at radius 1 is 1.40 bits per heavy atom. The van der Waals surface area contributed by atoms with Gasteiger partial charge >= 0.3 is 0 Å². The standard InChI is InChI=1S/C17H29N3/c1-13(2)10-18-11-16-7-8-17(19-15(16)4)20-9-5-6-14(3)12-20/h7-8,13-14,18H,5-6,9-12H2,1-4H3. The van der Waals surface area contributed by atoms with E-state index in [1.807, 2.05) is 0 Å². The third kappa shape index (κ3) is 4.20. The largest absolute Gasteiger partial charge is 0.356 e. The Morgan fingerprint density at radius 3 is 2.85 bits per heavy atom. The van der Waals surface area contributed by atoms with Gasteiger partial charge in [0.2, 0.25) is 0 Å². The van der Waals surface area contributed by atoms with Gasteiger partial charge < -0.3 is 10.2 Å². The van der Waals surface area contributed by atoms with E-state index in [9.17, 15) is 0 Å². The van der Waals surface area contributed by atoms with Crippen LogP contribution in [0.3, 0.4) is 0 Å². The molecule has 0 bridgehead atoms. The summed E-state index contributed by atoms with van der Waals surface area (Å²) in [7, 11) is 0. The number of aromatic nitrogens is 1. The number of anilines is 1. The zero-order chi connectivity index (χ0) is 14.5. The summed E-state index contributed by atoms with van der Waals surface area (Å²) >= 11 is 0. The number of hydrogen-bond donors (Lipinski definition) is 1. The van der Waals surface area contributed by atoms with Crippen LogP contribution in [-0.2, 0) is 6.54 Å². The van der Waals surface area contributed by atoms with E-state index in [0.717, 1.165) is 43.6 Å². The number of hydrogen-bond acceptors (Lipinski definition) is 3. The van der Waals surface area contributed by atoms with Crippen molar-refractivity contribution in [2.75, 3.05) is 24.5 Å². The number of piperidine rings is 1. The molecule has 0 amide bonds. The summed E-state index contributed by atoms with van der Waals surface area (Å²) in [5, 5.41) is 3.49. The van der Waals surface area contributed by atoms with Crippen LogP contribution in [0.5, 0.6) is 0 Å². The third-order valence-electron chi connectivity index (χ3n) is 4.03. The van der Waals surface area contributed by atoms with E-state index >= 15 is 0 Å². The van der Waals surface area contributed by atoms with Crippen molar-refractivity contribution < 1.29 is 0 Å². The van der Waals surface area contributed by atoms with Gasteiger partial charge in [-0.1, -0.05) is 26.8 Å². The Bertz CT molecular complexity index is 428. The molecule has 1 aromatic rings. The van der Waals surface area contributed by atoms with E-state index in [1.165, 1.54) is 18.4 Å². The van der Waals surface area contributed by atoms with E-state index in [0.29, 0.717) is 5.92 Å². The molecular formula is C17H29N3. The summed E-state index contributed by atoms with van der Waals surface area (Å²) in [6.45, 7) is 13.2. The van der Waals surface area contributed by atoms with Crippen molar-refractivity contribution in [3.05, 3.63) is 23.4 Å². The first-order valence-corrected chi connectivity index (χ1v) is 7.98. The van der Waals surface area contributed by atoms with Gasteiger partial charge in [-0.25, -0.2) is 4.98 Å². The maximum atomic E-state index is 4.81. The molecule has 20 heavy (non-hydrogen) atoms. The maximum absolute atomic E-state index is 4.81. The van der Waals surface area contributed by atoms with E-state index in [-0.39, 0.29) is 0 Å². The second kappa shape index (κ2) is 7.07. The van der Waals surface area contributed by atoms with Gasteiger partial charge in [0.25, 0.3) is 0 Å². The van der Waals surface area contributed by atoms with E-state index in [2.05, 4.69) is 50.0 Å². The Balaban J connectivity index is 1.98. The topological polar surface area (TPSA) is 28.2 Å². The molecule has 0 radical (unpaired) electrons. The summed E-state index contributed by atoms with van der Waals surface area (Å²) in [6, 6.07) is 4.43. The highest BCUT2D eigenvalue weighted by atomic mass is 15.2. The average molecular weight is 275 g/mol. The first-order valence-electron chi connectivity index (χ1n) is 7.98. The predicted octanol–water partition coefficient (Wildman–Crippen LogP) is 3.37. The van der Waals surface area contributed by atoms with Crippen LogP contribution in [0.25, 0.3) is 0 Å². The minimum absolute atomic E-state index is 0.692. The molecule has 1 unspecified atom stereocenters. The lowest BCUT2D eigenvalue weighted by Gasteiger charge is -2.32. The molecule has 1 fully saturated rings. The van der Waals surface area contributed by atoms with Gasteiger partial charge in [-0.15, -0.1) is 0 Å². The van der Waals surface area contributed by atoms with Gasteiger partial charge in [0, 0.05) is 25.3 Å². The molecule has 3 nitrogen and oxygen atoms in total. The van der Waals surface area contributed by atoms with Crippen molar-refractivity contribution in [3.8, 4) is 0 Å². The highest BCUT2D eigenvalue weighted by Crippen LogP contribution is 2.22. The van der Waals surface area contributed by atoms with Crippen molar-refractivity contribution in [2.24, 2.45) is 11.8 Å². The zero-order valence-corrected chi connectivity index (χ0v) is 13.4. The quantitative estimate of drug-likeness (QED) is 0.893. The monoisotopic (exact) mass is 275 g/mol. The molecule has 3 heteroatoms. The first-order chi connectivity index (χ1) is 9.56. The molecule has 0 saturated carbocycles. The lowest BCUT2D eigenvalue weighted by atomic mass is 10.0. The molecule has 2 heterocycles. The summed E-state index contributed by atoms with van der Waals surface area (Å²) in [5.41, 5.74) is 2.48. The van der Waals surface area contributed by atoms with Crippen LogP contribution in [0.15, 0.2) is 12.1 Å². The Hall–Kier alpha value is -1.09. The molecule has 1 aliphatic rings. The molecular weight excluding hydrogens is 246 g/mol. The fourth-order valence-corrected chi connectivity index (χ4v) is 2.83. The van der Waals surface area contributed by atoms with Crippen LogP contribution in [0, 0.1) is 18.8 Å². The predicted molar refractivity (Wildman–Crippen MR) is 86.1 cm³/mol. The van der Waals surface area contributed by atoms with Gasteiger partial charge in [-0.3, -0.25) is 0 Å². The van der Waals surface area contributed by atoms with Crippen molar-refractivity contribution in [1.82, 2.24) is 10.3 Å². The molecule has 0 aromatic carbocycles. The number of nitrogens with zero attached hydrogens (tertiary/aromatic N) is 2. The fraction of sp³-hybridized carbons (Fsp3) is 0.706. The van der Waals surface area contributed by atoms with Crippen molar-refractivity contribution in [3.63, 3.8) is 0 Å². The lowest BCUT2D eigenvalue weighted by molar-refractivity contribution is 0.444. The highest BCUT2D eigenvalue weighted by molar-refractivity contribution is 5.42. The maximum Gasteiger partial charge on any atom is 0.128 e. The Kier molecular flexibility index (Phi) is 5.41. The summed E-state index contributed by atoms with van der Waals surface area (Å²) in [6.07, 6.45) is 2.65. The molecule has 0 spiro atoms. The van der Waals surface area contributed by atoms with Crippen LogP contribution < -0.4 is 10.2 Å². The fourth-order valence-electron chi connectivity index (χ4n) is 2.83. The van der Waals surface area contributed by atoms with Crippen LogP contribution in [0.4, 0.5) is 5.82 Å². The second-order valence-electron chi connectivity index (χ2n) is 6.63. The van der Waals surface area contributed by atoms with E-state index < -0.39 is 0 Å². The number of aryl methyl sites for hydroxylation is 1. The van der Waals surface area contributed by atoms with Gasteiger partial charge in [0.15, 0.2) is 0 Å². The molecule has 1 atom stereocenters. The summed E-state index contributed by atoms with van der Waals surface area (Å²) < 4.78 is 0. The van der Waals surface area contributed by atoms with Crippen molar-refractivity contribution >= 4 is 5.82 Å². The third-order valence-corrected chi connectivity index (χ3v) is 4.03. The zero-order valence-electron chi connectivity index (χ0n) is 13.4. The lowest BCUT2D eigenvalue weighted by Crippen LogP contribution is -2.35. The highest BCUT2D eigenvalue weighted by Gasteiger charge is 2.17. The van der Waals surface area contributed by atoms with Crippen LogP contribution in [-0.4, -0.2) is 24.6 Å². The normalized spacial score (nSPS) is 19.6. The molecule has 112 valence electrons. The van der Waals surface area contributed by atoms with Crippen LogP contribution >= 0.6 is 0 Å². The molecule has 0 aliphatic carbocycles. The van der Waals surface area contributed by atoms with Gasteiger partial charge in [0.1, 0.15) is 5.82 Å². The molecule has 1 N–H and O–H groups in total. The minimum Gasteiger partial charge on any atom is -0.356 e. The van der Waals surface area contributed by atoms with Gasteiger partial charge in [-0.05, 0) is 49.8 Å². The number of nitrogens with one attached hydrogen (secondary N) is 1. The number of rotatable bonds is 5. The average Bonchev–Trinajstić information content (AvgIpc) is 2.40. The van der Waals surface area contributed by atoms with Crippen molar-refractivity contribution in [2.45, 2.75) is 47.1 Å². The van der Waals surface area contributed by atoms with Crippen LogP contribution in [0.1, 0.15) is 44.9 Å².